The van der Waals surface area contributed by atoms with E-state index in [4.69, 9.17) is 18.9 Å². The molecule has 0 spiro atoms. The molecule has 0 saturated heterocycles. The second kappa shape index (κ2) is 18.8. The maximum atomic E-state index is 14.5. The molecule has 0 bridgehead atoms. The fourth-order valence-corrected chi connectivity index (χ4v) is 9.09. The Kier molecular flexibility index (Phi) is 13.6. The molecule has 0 aromatic heterocycles. The van der Waals surface area contributed by atoms with E-state index in [1.807, 2.05) is 72.8 Å². The number of ether oxygens (including phenoxy) is 4. The molecule has 0 radical (unpaired) electrons. The number of aromatic hydroxyl groups is 2. The minimum Gasteiger partial charge on any atom is -0.504 e. The molecule has 9 heteroatoms. The summed E-state index contributed by atoms with van der Waals surface area (Å²) in [5.41, 5.74) is 4.85. The summed E-state index contributed by atoms with van der Waals surface area (Å²) in [7, 11) is 3.05. The van der Waals surface area contributed by atoms with Crippen molar-refractivity contribution in [2.24, 2.45) is 11.3 Å². The Morgan fingerprint density at radius 3 is 2.35 bits per heavy atom. The molecule has 57 heavy (non-hydrogen) atoms. The van der Waals surface area contributed by atoms with E-state index in [1.54, 1.807) is 12.1 Å². The SMILES string of the molecule is CCCCC[C@H](C(=O)O[C@H]1C[C@@H](c2ccc(O)c(OC)c2)C[C@]2(/C=C/c3ccccc3)Cc3cc(O)c(OC)cc3C[C@H]2[C@H](OC(C)=O)C1)c1cccc(CO)c1. The zero-order chi connectivity index (χ0) is 40.5. The Hall–Kier alpha value is -5.28. The number of aliphatic hydroxyl groups excluding tert-OH is 1. The van der Waals surface area contributed by atoms with Gasteiger partial charge in [-0.3, -0.25) is 9.59 Å². The quantitative estimate of drug-likeness (QED) is 0.0848. The van der Waals surface area contributed by atoms with Crippen LogP contribution >= 0.6 is 0 Å². The van der Waals surface area contributed by atoms with Crippen molar-refractivity contribution in [3.63, 3.8) is 0 Å². The lowest BCUT2D eigenvalue weighted by Gasteiger charge is -2.50. The van der Waals surface area contributed by atoms with E-state index in [1.165, 1.54) is 21.1 Å². The fraction of sp³-hybridized carbons (Fsp3) is 0.417. The number of rotatable bonds is 14. The summed E-state index contributed by atoms with van der Waals surface area (Å²) in [6, 6.07) is 26.6. The average molecular weight is 777 g/mol. The highest BCUT2D eigenvalue weighted by Crippen LogP contribution is 2.54. The molecule has 1 fully saturated rings. The molecule has 4 aromatic rings. The van der Waals surface area contributed by atoms with Gasteiger partial charge in [0, 0.05) is 19.3 Å². The van der Waals surface area contributed by atoms with Gasteiger partial charge in [0.2, 0.25) is 0 Å². The first-order chi connectivity index (χ1) is 27.6. The van der Waals surface area contributed by atoms with Gasteiger partial charge in [-0.25, -0.2) is 0 Å². The maximum Gasteiger partial charge on any atom is 0.313 e. The summed E-state index contributed by atoms with van der Waals surface area (Å²) in [6.45, 7) is 3.41. The van der Waals surface area contributed by atoms with Crippen LogP contribution in [0.3, 0.4) is 0 Å². The van der Waals surface area contributed by atoms with Gasteiger partial charge in [-0.15, -0.1) is 0 Å². The zero-order valence-electron chi connectivity index (χ0n) is 33.5. The maximum absolute atomic E-state index is 14.5. The van der Waals surface area contributed by atoms with E-state index >= 15 is 0 Å². The van der Waals surface area contributed by atoms with E-state index in [9.17, 15) is 24.9 Å². The summed E-state index contributed by atoms with van der Waals surface area (Å²) in [4.78, 5) is 27.5. The van der Waals surface area contributed by atoms with Gasteiger partial charge in [0.25, 0.3) is 0 Å². The Bertz CT molecular complexity index is 2020. The van der Waals surface area contributed by atoms with Crippen molar-refractivity contribution in [2.75, 3.05) is 14.2 Å². The number of hydrogen-bond donors (Lipinski definition) is 3. The number of allylic oxidation sites excluding steroid dienone is 1. The third-order valence-electron chi connectivity index (χ3n) is 11.9. The first-order valence-electron chi connectivity index (χ1n) is 20.1. The molecule has 302 valence electrons. The Morgan fingerprint density at radius 1 is 0.860 bits per heavy atom. The van der Waals surface area contributed by atoms with Crippen molar-refractivity contribution in [1.82, 2.24) is 0 Å². The summed E-state index contributed by atoms with van der Waals surface area (Å²) in [5, 5.41) is 31.5. The van der Waals surface area contributed by atoms with Gasteiger partial charge in [-0.05, 0) is 101 Å². The minimum atomic E-state index is -0.631. The van der Waals surface area contributed by atoms with Gasteiger partial charge in [0.05, 0.1) is 26.7 Å². The monoisotopic (exact) mass is 776 g/mol. The van der Waals surface area contributed by atoms with Gasteiger partial charge >= 0.3 is 11.9 Å². The number of unbranched alkanes of at least 4 members (excludes halogenated alkanes) is 2. The van der Waals surface area contributed by atoms with Gasteiger partial charge in [-0.1, -0.05) is 99.0 Å². The van der Waals surface area contributed by atoms with Crippen molar-refractivity contribution < 1.29 is 43.9 Å². The second-order valence-electron chi connectivity index (χ2n) is 15.7. The van der Waals surface area contributed by atoms with Crippen LogP contribution in [0.15, 0.2) is 91.0 Å². The molecular formula is C48H56O9. The Balaban J connectivity index is 1.48. The van der Waals surface area contributed by atoms with Crippen LogP contribution in [0.1, 0.15) is 104 Å². The van der Waals surface area contributed by atoms with E-state index < -0.39 is 29.5 Å². The molecular weight excluding hydrogens is 721 g/mol. The smallest absolute Gasteiger partial charge is 0.313 e. The van der Waals surface area contributed by atoms with Crippen molar-refractivity contribution >= 4 is 18.0 Å². The first-order valence-corrected chi connectivity index (χ1v) is 20.1. The molecule has 0 aliphatic heterocycles. The number of aliphatic hydroxyl groups is 1. The lowest BCUT2D eigenvalue weighted by Crippen LogP contribution is -2.49. The lowest BCUT2D eigenvalue weighted by molar-refractivity contribution is -0.162. The third kappa shape index (κ3) is 9.82. The number of hydrogen-bond acceptors (Lipinski definition) is 9. The number of phenols is 2. The molecule has 2 aliphatic rings. The molecule has 4 aromatic carbocycles. The van der Waals surface area contributed by atoms with E-state index in [-0.39, 0.29) is 42.3 Å². The van der Waals surface area contributed by atoms with Crippen molar-refractivity contribution in [3.8, 4) is 23.0 Å². The molecule has 6 atom stereocenters. The van der Waals surface area contributed by atoms with Crippen LogP contribution in [0.25, 0.3) is 6.08 Å². The molecule has 2 aliphatic carbocycles. The third-order valence-corrected chi connectivity index (χ3v) is 11.9. The molecule has 0 amide bonds. The second-order valence-corrected chi connectivity index (χ2v) is 15.7. The highest BCUT2D eigenvalue weighted by molar-refractivity contribution is 5.78. The van der Waals surface area contributed by atoms with E-state index in [0.717, 1.165) is 52.6 Å². The highest BCUT2D eigenvalue weighted by Gasteiger charge is 2.50. The number of fused-ring (bicyclic) bond motifs is 2. The van der Waals surface area contributed by atoms with Crippen molar-refractivity contribution in [2.45, 2.75) is 102 Å². The van der Waals surface area contributed by atoms with Crippen LogP contribution in [-0.2, 0) is 38.5 Å². The normalized spacial score (nSPS) is 22.3. The fourth-order valence-electron chi connectivity index (χ4n) is 9.09. The number of esters is 2. The molecule has 1 saturated carbocycles. The van der Waals surface area contributed by atoms with Gasteiger partial charge in [-0.2, -0.15) is 0 Å². The number of benzene rings is 4. The molecule has 3 N–H and O–H groups in total. The molecule has 0 heterocycles. The molecule has 9 nitrogen and oxygen atoms in total. The zero-order valence-corrected chi connectivity index (χ0v) is 33.5. The lowest BCUT2D eigenvalue weighted by atomic mass is 9.56. The first kappa shape index (κ1) is 41.4. The predicted molar refractivity (Wildman–Crippen MR) is 219 cm³/mol. The van der Waals surface area contributed by atoms with Gasteiger partial charge in [0.1, 0.15) is 12.2 Å². The average Bonchev–Trinajstić information content (AvgIpc) is 3.20. The molecule has 0 unspecified atom stereocenters. The summed E-state index contributed by atoms with van der Waals surface area (Å²) in [6.07, 6.45) is 8.86. The predicted octanol–water partition coefficient (Wildman–Crippen LogP) is 9.20. The summed E-state index contributed by atoms with van der Waals surface area (Å²) < 4.78 is 24.0. The van der Waals surface area contributed by atoms with Gasteiger partial charge < -0.3 is 34.3 Å². The van der Waals surface area contributed by atoms with Crippen LogP contribution in [0.4, 0.5) is 0 Å². The summed E-state index contributed by atoms with van der Waals surface area (Å²) >= 11 is 0. The van der Waals surface area contributed by atoms with Gasteiger partial charge in [0.15, 0.2) is 23.0 Å². The van der Waals surface area contributed by atoms with Crippen molar-refractivity contribution in [1.29, 1.82) is 0 Å². The van der Waals surface area contributed by atoms with Crippen LogP contribution in [0, 0.1) is 11.3 Å². The minimum absolute atomic E-state index is 0.0256. The van der Waals surface area contributed by atoms with Crippen LogP contribution < -0.4 is 9.47 Å². The van der Waals surface area contributed by atoms with E-state index in [2.05, 4.69) is 19.1 Å². The Morgan fingerprint density at radius 2 is 1.63 bits per heavy atom. The van der Waals surface area contributed by atoms with E-state index in [0.29, 0.717) is 43.6 Å². The van der Waals surface area contributed by atoms with Crippen LogP contribution in [0.2, 0.25) is 0 Å². The highest BCUT2D eigenvalue weighted by atomic mass is 16.6. The number of phenolic OH excluding ortho intramolecular Hbond substituents is 2. The summed E-state index contributed by atoms with van der Waals surface area (Å²) in [5.74, 6) is -0.952. The largest absolute Gasteiger partial charge is 0.504 e. The van der Waals surface area contributed by atoms with Crippen LogP contribution in [-0.4, -0.2) is 53.7 Å². The number of carbonyl (C=O) groups excluding carboxylic acids is 2. The number of carbonyl (C=O) groups is 2. The standard InChI is InChI=1S/C48H56O9/c1-5-6-8-16-40(35-15-11-14-33(21-35)30-49)47(53)57-39-22-37(34-17-18-42(51)45(25-34)54-3)28-48(20-19-32-12-9-7-10-13-32)29-38-24-43(52)46(55-4)26-36(38)23-41(48)44(27-39)56-31(2)50/h7,9-15,17-21,24-26,37,39-41,44,49,51-52H,5-6,8,16,22-23,27-30H2,1-4H3/b20-19+/t37-,39+,40+,41+,44-,48-/m1/s1. The van der Waals surface area contributed by atoms with Crippen molar-refractivity contribution in [3.05, 3.63) is 124 Å². The Labute approximate surface area is 336 Å². The molecule has 6 rings (SSSR count). The number of methoxy groups -OCH3 is 2. The topological polar surface area (TPSA) is 132 Å². The van der Waals surface area contributed by atoms with Crippen LogP contribution in [0.5, 0.6) is 23.0 Å².